The minimum absolute atomic E-state index is 0.740. The molecule has 50 valence electrons. The van der Waals surface area contributed by atoms with Crippen LogP contribution in [-0.4, -0.2) is 13.3 Å². The van der Waals surface area contributed by atoms with Crippen molar-refractivity contribution in [1.29, 1.82) is 0 Å². The van der Waals surface area contributed by atoms with Crippen molar-refractivity contribution in [3.05, 3.63) is 23.8 Å². The van der Waals surface area contributed by atoms with Crippen molar-refractivity contribution in [2.24, 2.45) is 4.99 Å². The molecule has 0 saturated carbocycles. The first-order chi connectivity index (χ1) is 4.31. The molecule has 0 fully saturated rings. The number of hydrogen-bond acceptors (Lipinski definition) is 1. The SMILES string of the molecule is C=NC/C(C)=C\C=C/C. The Morgan fingerprint density at radius 3 is 2.78 bits per heavy atom. The molecule has 9 heavy (non-hydrogen) atoms. The van der Waals surface area contributed by atoms with Crippen LogP contribution in [0.4, 0.5) is 0 Å². The number of aliphatic imine (C=N–C) groups is 1. The van der Waals surface area contributed by atoms with Gasteiger partial charge in [0, 0.05) is 0 Å². The third-order valence-corrected chi connectivity index (χ3v) is 0.934. The van der Waals surface area contributed by atoms with Gasteiger partial charge in [-0.05, 0) is 20.6 Å². The van der Waals surface area contributed by atoms with Crippen molar-refractivity contribution in [2.45, 2.75) is 13.8 Å². The van der Waals surface area contributed by atoms with E-state index in [0.29, 0.717) is 0 Å². The summed E-state index contributed by atoms with van der Waals surface area (Å²) in [7, 11) is 0. The van der Waals surface area contributed by atoms with E-state index in [9.17, 15) is 0 Å². The molecule has 0 unspecified atom stereocenters. The minimum Gasteiger partial charge on any atom is -0.297 e. The fourth-order valence-corrected chi connectivity index (χ4v) is 0.490. The van der Waals surface area contributed by atoms with Crippen LogP contribution in [0.15, 0.2) is 28.8 Å². The molecule has 0 rings (SSSR count). The first-order valence-corrected chi connectivity index (χ1v) is 3.02. The number of rotatable bonds is 3. The van der Waals surface area contributed by atoms with Gasteiger partial charge in [-0.1, -0.05) is 23.8 Å². The average molecular weight is 123 g/mol. The summed E-state index contributed by atoms with van der Waals surface area (Å²) in [5, 5.41) is 0. The Balaban J connectivity index is 3.68. The highest BCUT2D eigenvalue weighted by atomic mass is 14.7. The first-order valence-electron chi connectivity index (χ1n) is 3.02. The topological polar surface area (TPSA) is 12.4 Å². The minimum atomic E-state index is 0.740. The van der Waals surface area contributed by atoms with Crippen molar-refractivity contribution in [2.75, 3.05) is 6.54 Å². The van der Waals surface area contributed by atoms with E-state index < -0.39 is 0 Å². The third kappa shape index (κ3) is 5.01. The van der Waals surface area contributed by atoms with Crippen molar-refractivity contribution >= 4 is 6.72 Å². The maximum absolute atomic E-state index is 3.74. The Bertz CT molecular complexity index is 132. The summed E-state index contributed by atoms with van der Waals surface area (Å²) in [6.07, 6.45) is 6.03. The zero-order valence-electron chi connectivity index (χ0n) is 6.09. The summed E-state index contributed by atoms with van der Waals surface area (Å²) in [5.41, 5.74) is 1.24. The fraction of sp³-hybridized carbons (Fsp3) is 0.375. The summed E-state index contributed by atoms with van der Waals surface area (Å²) < 4.78 is 0. The van der Waals surface area contributed by atoms with E-state index in [1.165, 1.54) is 5.57 Å². The number of hydrogen-bond donors (Lipinski definition) is 0. The smallest absolute Gasteiger partial charge is 0.0592 e. The molecular weight excluding hydrogens is 110 g/mol. The normalized spacial score (nSPS) is 12.4. The Kier molecular flexibility index (Phi) is 4.79. The molecule has 0 N–H and O–H groups in total. The van der Waals surface area contributed by atoms with Crippen molar-refractivity contribution in [1.82, 2.24) is 0 Å². The van der Waals surface area contributed by atoms with Gasteiger partial charge >= 0.3 is 0 Å². The first kappa shape index (κ1) is 8.15. The Morgan fingerprint density at radius 2 is 2.33 bits per heavy atom. The highest BCUT2D eigenvalue weighted by Gasteiger charge is 1.79. The highest BCUT2D eigenvalue weighted by molar-refractivity contribution is 5.25. The lowest BCUT2D eigenvalue weighted by Crippen LogP contribution is -1.78. The van der Waals surface area contributed by atoms with E-state index in [1.807, 2.05) is 32.1 Å². The highest BCUT2D eigenvalue weighted by Crippen LogP contribution is 1.91. The van der Waals surface area contributed by atoms with Crippen LogP contribution in [0.5, 0.6) is 0 Å². The van der Waals surface area contributed by atoms with Gasteiger partial charge < -0.3 is 0 Å². The van der Waals surface area contributed by atoms with E-state index in [4.69, 9.17) is 0 Å². The largest absolute Gasteiger partial charge is 0.297 e. The van der Waals surface area contributed by atoms with Crippen molar-refractivity contribution < 1.29 is 0 Å². The summed E-state index contributed by atoms with van der Waals surface area (Å²) in [6, 6.07) is 0. The van der Waals surface area contributed by atoms with Gasteiger partial charge in [0.2, 0.25) is 0 Å². The number of allylic oxidation sites excluding steroid dienone is 3. The molecule has 0 aromatic heterocycles. The lowest BCUT2D eigenvalue weighted by Gasteiger charge is -1.88. The van der Waals surface area contributed by atoms with Gasteiger partial charge in [-0.3, -0.25) is 4.99 Å². The maximum Gasteiger partial charge on any atom is 0.0592 e. The predicted molar refractivity (Wildman–Crippen MR) is 43.0 cm³/mol. The van der Waals surface area contributed by atoms with Crippen molar-refractivity contribution in [3.8, 4) is 0 Å². The van der Waals surface area contributed by atoms with Gasteiger partial charge in [0.15, 0.2) is 0 Å². The van der Waals surface area contributed by atoms with E-state index in [2.05, 4.69) is 11.7 Å². The number of nitrogens with zero attached hydrogens (tertiary/aromatic N) is 1. The zero-order chi connectivity index (χ0) is 7.11. The molecule has 0 amide bonds. The molecule has 0 aromatic carbocycles. The van der Waals surface area contributed by atoms with Crippen LogP contribution in [0.25, 0.3) is 0 Å². The molecule has 0 aliphatic carbocycles. The predicted octanol–water partition coefficient (Wildman–Crippen LogP) is 2.21. The van der Waals surface area contributed by atoms with Crippen LogP contribution in [0.2, 0.25) is 0 Å². The second-order valence-corrected chi connectivity index (χ2v) is 1.92. The van der Waals surface area contributed by atoms with Gasteiger partial charge in [-0.25, -0.2) is 0 Å². The molecule has 0 aliphatic rings. The van der Waals surface area contributed by atoms with E-state index >= 15 is 0 Å². The Hall–Kier alpha value is -0.850. The molecule has 0 aliphatic heterocycles. The molecule has 0 radical (unpaired) electrons. The zero-order valence-corrected chi connectivity index (χ0v) is 6.09. The van der Waals surface area contributed by atoms with Crippen LogP contribution in [0.1, 0.15) is 13.8 Å². The summed E-state index contributed by atoms with van der Waals surface area (Å²) in [5.74, 6) is 0. The standard InChI is InChI=1S/C8H13N/c1-4-5-6-8(2)7-9-3/h4-6H,3,7H2,1-2H3/b5-4-,8-6-. The summed E-state index contributed by atoms with van der Waals surface area (Å²) in [6.45, 7) is 8.16. The Labute approximate surface area is 56.8 Å². The van der Waals surface area contributed by atoms with Crippen LogP contribution < -0.4 is 0 Å². The van der Waals surface area contributed by atoms with E-state index in [-0.39, 0.29) is 0 Å². The van der Waals surface area contributed by atoms with Gasteiger partial charge in [-0.2, -0.15) is 0 Å². The third-order valence-electron chi connectivity index (χ3n) is 0.934. The molecule has 0 bridgehead atoms. The van der Waals surface area contributed by atoms with Gasteiger partial charge in [-0.15, -0.1) is 0 Å². The van der Waals surface area contributed by atoms with Crippen LogP contribution >= 0.6 is 0 Å². The lowest BCUT2D eigenvalue weighted by atomic mass is 10.3. The molecule has 0 heterocycles. The average Bonchev–Trinajstić information content (AvgIpc) is 1.85. The summed E-state index contributed by atoms with van der Waals surface area (Å²) >= 11 is 0. The molecule has 0 atom stereocenters. The van der Waals surface area contributed by atoms with Gasteiger partial charge in [0.1, 0.15) is 0 Å². The molecule has 0 spiro atoms. The van der Waals surface area contributed by atoms with Gasteiger partial charge in [0.25, 0.3) is 0 Å². The van der Waals surface area contributed by atoms with E-state index in [1.54, 1.807) is 0 Å². The second kappa shape index (κ2) is 5.29. The Morgan fingerprint density at radius 1 is 1.67 bits per heavy atom. The second-order valence-electron chi connectivity index (χ2n) is 1.92. The molecular formula is C8H13N. The van der Waals surface area contributed by atoms with Crippen molar-refractivity contribution in [3.63, 3.8) is 0 Å². The van der Waals surface area contributed by atoms with Crippen LogP contribution in [-0.2, 0) is 0 Å². The maximum atomic E-state index is 3.74. The monoisotopic (exact) mass is 123 g/mol. The molecule has 0 aromatic rings. The molecule has 1 nitrogen and oxygen atoms in total. The quantitative estimate of drug-likeness (QED) is 0.403. The van der Waals surface area contributed by atoms with Crippen LogP contribution in [0.3, 0.4) is 0 Å². The molecule has 1 heteroatoms. The van der Waals surface area contributed by atoms with E-state index in [0.717, 1.165) is 6.54 Å². The summed E-state index contributed by atoms with van der Waals surface area (Å²) in [4.78, 5) is 3.74. The van der Waals surface area contributed by atoms with Gasteiger partial charge in [0.05, 0.1) is 6.54 Å². The van der Waals surface area contributed by atoms with Crippen LogP contribution in [0, 0.1) is 0 Å². The fourth-order valence-electron chi connectivity index (χ4n) is 0.490. The molecule has 0 saturated heterocycles. The lowest BCUT2D eigenvalue weighted by molar-refractivity contribution is 1.15.